The number of aliphatic hydroxyl groups is 1. The van der Waals surface area contributed by atoms with E-state index in [9.17, 15) is 15.0 Å². The molecule has 0 spiro atoms. The van der Waals surface area contributed by atoms with Gasteiger partial charge in [0.2, 0.25) is 0 Å². The number of carboxylic acid groups (broad SMARTS) is 1. The molecule has 1 aromatic heterocycles. The minimum Gasteiger partial charge on any atom is -0.481 e. The van der Waals surface area contributed by atoms with E-state index < -0.39 is 11.6 Å². The predicted octanol–water partition coefficient (Wildman–Crippen LogP) is 8.80. The molecule has 4 nitrogen and oxygen atoms in total. The van der Waals surface area contributed by atoms with E-state index in [-0.39, 0.29) is 11.2 Å². The fourth-order valence-electron chi connectivity index (χ4n) is 4.59. The lowest BCUT2D eigenvalue weighted by atomic mass is 9.94. The lowest BCUT2D eigenvalue weighted by Gasteiger charge is -2.21. The fraction of sp³-hybridized carbons (Fsp3) is 0.294. The second-order valence-corrected chi connectivity index (χ2v) is 12.3. The standard InChI is InChI=1S/C34H36ClNO3S/c1-4-25(33(37)38)22-40-32(18-12-24-8-6-10-28(20-24)34(2,3)39)27-9-5-7-23(19-27)11-16-30-17-14-26-13-15-29(35)21-31(26)36-30/h5-11,13-17,19-21,25,32,39H,4,12,18,22H2,1-3H3,(H,37,38). The Morgan fingerprint density at radius 1 is 1.02 bits per heavy atom. The minimum absolute atomic E-state index is 0.133. The number of benzene rings is 3. The number of fused-ring (bicyclic) bond motifs is 1. The van der Waals surface area contributed by atoms with Crippen LogP contribution < -0.4 is 0 Å². The molecule has 6 heteroatoms. The molecule has 40 heavy (non-hydrogen) atoms. The molecule has 2 atom stereocenters. The Hall–Kier alpha value is -3.12. The summed E-state index contributed by atoms with van der Waals surface area (Å²) in [6.45, 7) is 5.52. The number of nitrogens with zero attached hydrogens (tertiary/aromatic N) is 1. The summed E-state index contributed by atoms with van der Waals surface area (Å²) in [5, 5.41) is 21.9. The number of aliphatic carboxylic acids is 1. The van der Waals surface area contributed by atoms with Crippen LogP contribution in [0, 0.1) is 5.92 Å². The highest BCUT2D eigenvalue weighted by molar-refractivity contribution is 7.99. The van der Waals surface area contributed by atoms with Gasteiger partial charge in [-0.25, -0.2) is 4.98 Å². The average Bonchev–Trinajstić information content (AvgIpc) is 2.93. The van der Waals surface area contributed by atoms with Gasteiger partial charge in [-0.2, -0.15) is 11.8 Å². The van der Waals surface area contributed by atoms with E-state index in [1.54, 1.807) is 25.6 Å². The van der Waals surface area contributed by atoms with E-state index >= 15 is 0 Å². The summed E-state index contributed by atoms with van der Waals surface area (Å²) >= 11 is 7.86. The Bertz CT molecular complexity index is 1490. The zero-order valence-corrected chi connectivity index (χ0v) is 24.8. The van der Waals surface area contributed by atoms with Crippen LogP contribution in [0.15, 0.2) is 78.9 Å². The van der Waals surface area contributed by atoms with Crippen LogP contribution in [0.3, 0.4) is 0 Å². The highest BCUT2D eigenvalue weighted by Gasteiger charge is 2.21. The second-order valence-electron chi connectivity index (χ2n) is 10.6. The smallest absolute Gasteiger partial charge is 0.307 e. The zero-order chi connectivity index (χ0) is 28.7. The second kappa shape index (κ2) is 13.5. The predicted molar refractivity (Wildman–Crippen MR) is 169 cm³/mol. The first-order valence-electron chi connectivity index (χ1n) is 13.6. The minimum atomic E-state index is -0.896. The van der Waals surface area contributed by atoms with E-state index in [2.05, 4.69) is 42.5 Å². The van der Waals surface area contributed by atoms with Gasteiger partial charge < -0.3 is 10.2 Å². The summed E-state index contributed by atoms with van der Waals surface area (Å²) in [5.74, 6) is -0.557. The number of aryl methyl sites for hydroxylation is 1. The first kappa shape index (κ1) is 29.9. The summed E-state index contributed by atoms with van der Waals surface area (Å²) in [5.41, 5.74) is 5.10. The highest BCUT2D eigenvalue weighted by Crippen LogP contribution is 2.36. The molecule has 4 aromatic rings. The molecule has 0 saturated heterocycles. The van der Waals surface area contributed by atoms with Crippen molar-refractivity contribution in [3.63, 3.8) is 0 Å². The van der Waals surface area contributed by atoms with Crippen molar-refractivity contribution in [2.45, 2.75) is 50.9 Å². The third-order valence-corrected chi connectivity index (χ3v) is 8.81. The Morgan fingerprint density at radius 2 is 1.80 bits per heavy atom. The number of halogens is 1. The number of hydrogen-bond donors (Lipinski definition) is 2. The molecular weight excluding hydrogens is 538 g/mol. The van der Waals surface area contributed by atoms with Gasteiger partial charge >= 0.3 is 5.97 Å². The van der Waals surface area contributed by atoms with Gasteiger partial charge in [0.1, 0.15) is 0 Å². The van der Waals surface area contributed by atoms with Crippen LogP contribution in [0.25, 0.3) is 23.1 Å². The van der Waals surface area contributed by atoms with E-state index in [0.29, 0.717) is 17.2 Å². The first-order chi connectivity index (χ1) is 19.1. The maximum Gasteiger partial charge on any atom is 0.307 e. The molecule has 0 aliphatic rings. The Labute approximate surface area is 246 Å². The van der Waals surface area contributed by atoms with Gasteiger partial charge in [0.15, 0.2) is 0 Å². The normalized spacial score (nSPS) is 13.5. The van der Waals surface area contributed by atoms with Crippen molar-refractivity contribution in [2.24, 2.45) is 5.92 Å². The van der Waals surface area contributed by atoms with E-state index in [4.69, 9.17) is 16.6 Å². The van der Waals surface area contributed by atoms with Crippen LogP contribution in [0.4, 0.5) is 0 Å². The van der Waals surface area contributed by atoms with Crippen LogP contribution in [-0.4, -0.2) is 26.9 Å². The molecule has 4 rings (SSSR count). The number of aromatic nitrogens is 1. The van der Waals surface area contributed by atoms with Crippen molar-refractivity contribution in [3.05, 3.63) is 112 Å². The monoisotopic (exact) mass is 573 g/mol. The van der Waals surface area contributed by atoms with Crippen LogP contribution >= 0.6 is 23.4 Å². The fourth-order valence-corrected chi connectivity index (χ4v) is 6.22. The molecule has 0 saturated carbocycles. The van der Waals surface area contributed by atoms with Crippen molar-refractivity contribution in [2.75, 3.05) is 5.75 Å². The number of carbonyl (C=O) groups is 1. The molecule has 0 bridgehead atoms. The SMILES string of the molecule is CCC(CSC(CCc1cccc(C(C)(C)O)c1)c1cccc(C=Cc2ccc3ccc(Cl)cc3n2)c1)C(=O)O. The van der Waals surface area contributed by atoms with Gasteiger partial charge in [-0.3, -0.25) is 4.79 Å². The van der Waals surface area contributed by atoms with Gasteiger partial charge in [-0.1, -0.05) is 85.3 Å². The van der Waals surface area contributed by atoms with Crippen molar-refractivity contribution in [3.8, 4) is 0 Å². The number of rotatable bonds is 12. The first-order valence-corrected chi connectivity index (χ1v) is 15.1. The molecule has 0 fully saturated rings. The molecule has 0 amide bonds. The number of pyridine rings is 1. The third-order valence-electron chi connectivity index (χ3n) is 7.07. The Morgan fingerprint density at radius 3 is 2.55 bits per heavy atom. The topological polar surface area (TPSA) is 70.4 Å². The van der Waals surface area contributed by atoms with E-state index in [0.717, 1.165) is 46.1 Å². The van der Waals surface area contributed by atoms with Crippen LogP contribution in [-0.2, 0) is 16.8 Å². The number of carboxylic acids is 1. The van der Waals surface area contributed by atoms with Crippen molar-refractivity contribution < 1.29 is 15.0 Å². The summed E-state index contributed by atoms with van der Waals surface area (Å²) in [7, 11) is 0. The Kier molecular flexibility index (Phi) is 10.1. The molecule has 0 aliphatic heterocycles. The molecule has 1 heterocycles. The largest absolute Gasteiger partial charge is 0.481 e. The van der Waals surface area contributed by atoms with Gasteiger partial charge in [-0.05, 0) is 79.6 Å². The maximum atomic E-state index is 11.7. The molecular formula is C34H36ClNO3S. The van der Waals surface area contributed by atoms with Crippen LogP contribution in [0.5, 0.6) is 0 Å². The molecule has 0 radical (unpaired) electrons. The van der Waals surface area contributed by atoms with Crippen molar-refractivity contribution in [1.29, 1.82) is 0 Å². The van der Waals surface area contributed by atoms with Crippen LogP contribution in [0.2, 0.25) is 5.02 Å². The summed E-state index contributed by atoms with van der Waals surface area (Å²) in [6.07, 6.45) is 6.35. The van der Waals surface area contributed by atoms with Gasteiger partial charge in [0, 0.05) is 21.4 Å². The van der Waals surface area contributed by atoms with E-state index in [1.165, 1.54) is 5.56 Å². The maximum absolute atomic E-state index is 11.7. The summed E-state index contributed by atoms with van der Waals surface area (Å²) < 4.78 is 0. The van der Waals surface area contributed by atoms with Crippen LogP contribution in [0.1, 0.15) is 66.8 Å². The van der Waals surface area contributed by atoms with Gasteiger partial charge in [-0.15, -0.1) is 0 Å². The molecule has 2 unspecified atom stereocenters. The third kappa shape index (κ3) is 8.20. The molecule has 0 aliphatic carbocycles. The van der Waals surface area contributed by atoms with E-state index in [1.807, 2.05) is 55.5 Å². The lowest BCUT2D eigenvalue weighted by molar-refractivity contribution is -0.140. The Balaban J connectivity index is 1.55. The molecule has 2 N–H and O–H groups in total. The summed E-state index contributed by atoms with van der Waals surface area (Å²) in [6, 6.07) is 26.3. The number of thioether (sulfide) groups is 1. The van der Waals surface area contributed by atoms with Gasteiger partial charge in [0.05, 0.1) is 22.7 Å². The molecule has 3 aromatic carbocycles. The van der Waals surface area contributed by atoms with Crippen molar-refractivity contribution >= 4 is 52.4 Å². The van der Waals surface area contributed by atoms with Gasteiger partial charge in [0.25, 0.3) is 0 Å². The summed E-state index contributed by atoms with van der Waals surface area (Å²) in [4.78, 5) is 16.4. The van der Waals surface area contributed by atoms with Crippen molar-refractivity contribution in [1.82, 2.24) is 4.98 Å². The molecule has 208 valence electrons. The quantitative estimate of drug-likeness (QED) is 0.177. The highest BCUT2D eigenvalue weighted by atomic mass is 35.5. The zero-order valence-electron chi connectivity index (χ0n) is 23.2. The number of hydrogen-bond acceptors (Lipinski definition) is 4. The average molecular weight is 574 g/mol. The lowest BCUT2D eigenvalue weighted by Crippen LogP contribution is -2.16.